The molecule has 4 unspecified atom stereocenters. The highest BCUT2D eigenvalue weighted by molar-refractivity contribution is 7.83. The summed E-state index contributed by atoms with van der Waals surface area (Å²) in [5, 5.41) is 14.0. The number of esters is 1. The second kappa shape index (κ2) is 6.46. The van der Waals surface area contributed by atoms with E-state index in [4.69, 9.17) is 4.74 Å². The van der Waals surface area contributed by atoms with E-state index in [1.165, 1.54) is 19.3 Å². The molecule has 0 aromatic carbocycles. The average molecular weight is 316 g/mol. The zero-order valence-electron chi connectivity index (χ0n) is 11.4. The molecule has 0 spiro atoms. The molecular weight excluding hydrogens is 300 g/mol. The molecule has 0 aromatic heterocycles. The second-order valence-electron chi connectivity index (χ2n) is 4.94. The van der Waals surface area contributed by atoms with E-state index in [1.54, 1.807) is 0 Å². The molecule has 0 amide bonds. The number of carbonyl (C=O) groups excluding carboxylic acids is 1. The minimum atomic E-state index is -2.23. The number of allylic oxidation sites excluding steroid dienone is 3. The molecule has 2 aliphatic rings. The molecule has 1 fully saturated rings. The molecule has 1 aliphatic heterocycles. The number of hydrogen-bond donors (Lipinski definition) is 2. The Labute approximate surface area is 123 Å². The van der Waals surface area contributed by atoms with Gasteiger partial charge in [0.2, 0.25) is 5.70 Å². The molecule has 0 bridgehead atoms. The van der Waals surface area contributed by atoms with Gasteiger partial charge in [-0.05, 0) is 19.0 Å². The van der Waals surface area contributed by atoms with Gasteiger partial charge in [0.1, 0.15) is 0 Å². The van der Waals surface area contributed by atoms with Crippen molar-refractivity contribution in [1.82, 2.24) is 5.32 Å². The summed E-state index contributed by atoms with van der Waals surface area (Å²) in [4.78, 5) is 22.4. The lowest BCUT2D eigenvalue weighted by Gasteiger charge is -2.28. The van der Waals surface area contributed by atoms with E-state index in [-0.39, 0.29) is 17.0 Å². The fourth-order valence-corrected chi connectivity index (χ4v) is 3.56. The smallest absolute Gasteiger partial charge is 0.310 e. The van der Waals surface area contributed by atoms with Crippen molar-refractivity contribution in [3.63, 3.8) is 0 Å². The van der Waals surface area contributed by atoms with Crippen molar-refractivity contribution in [2.24, 2.45) is 11.8 Å². The summed E-state index contributed by atoms with van der Waals surface area (Å²) in [5.41, 5.74) is -0.0356. The summed E-state index contributed by atoms with van der Waals surface area (Å²) in [7, 11) is 1.28. The van der Waals surface area contributed by atoms with E-state index < -0.39 is 39.9 Å². The number of nitrogens with zero attached hydrogens (tertiary/aromatic N) is 1. The number of ether oxygens (including phenoxy) is 1. The van der Waals surface area contributed by atoms with Crippen LogP contribution in [0.3, 0.4) is 0 Å². The minimum absolute atomic E-state index is 0.0102. The quantitative estimate of drug-likeness (QED) is 0.334. The van der Waals surface area contributed by atoms with E-state index in [9.17, 15) is 23.7 Å². The molecule has 21 heavy (non-hydrogen) atoms. The average Bonchev–Trinajstić information content (AvgIpc) is 2.94. The standard InChI is InChI=1S/C12H16N2O6S/c1-20-12(15)8-4-5-13-11(8)9-6-7(14(16)17)2-3-10(9)21(18)19/h2-3,8-9,11,13H,4-6H2,1H3,(H,18,19). The first-order valence-corrected chi connectivity index (χ1v) is 7.53. The second-order valence-corrected chi connectivity index (χ2v) is 5.91. The summed E-state index contributed by atoms with van der Waals surface area (Å²) in [6, 6.07) is -0.441. The molecule has 116 valence electrons. The number of methoxy groups -OCH3 is 1. The number of rotatable bonds is 4. The van der Waals surface area contributed by atoms with Gasteiger partial charge in [-0.3, -0.25) is 14.9 Å². The van der Waals surface area contributed by atoms with Crippen LogP contribution in [0.4, 0.5) is 0 Å². The first kappa shape index (κ1) is 15.8. The van der Waals surface area contributed by atoms with Crippen LogP contribution in [0.5, 0.6) is 0 Å². The van der Waals surface area contributed by atoms with Crippen molar-refractivity contribution in [3.05, 3.63) is 32.9 Å². The third kappa shape index (κ3) is 3.20. The third-order valence-corrected chi connectivity index (χ3v) is 4.72. The van der Waals surface area contributed by atoms with Gasteiger partial charge in [0.15, 0.2) is 11.1 Å². The summed E-state index contributed by atoms with van der Waals surface area (Å²) >= 11 is -2.23. The number of nitro groups is 1. The van der Waals surface area contributed by atoms with Gasteiger partial charge in [-0.2, -0.15) is 0 Å². The van der Waals surface area contributed by atoms with Gasteiger partial charge < -0.3 is 14.6 Å². The highest BCUT2D eigenvalue weighted by Crippen LogP contribution is 2.36. The number of carbonyl (C=O) groups is 1. The van der Waals surface area contributed by atoms with Crippen LogP contribution in [0.15, 0.2) is 22.8 Å². The first-order valence-electron chi connectivity index (χ1n) is 6.43. The van der Waals surface area contributed by atoms with Crippen molar-refractivity contribution in [2.75, 3.05) is 13.7 Å². The lowest BCUT2D eigenvalue weighted by molar-refractivity contribution is -0.429. The maximum Gasteiger partial charge on any atom is 0.310 e. The van der Waals surface area contributed by atoms with Crippen LogP contribution in [-0.4, -0.2) is 39.4 Å². The molecule has 0 saturated carbocycles. The van der Waals surface area contributed by atoms with E-state index in [1.807, 2.05) is 0 Å². The van der Waals surface area contributed by atoms with Crippen LogP contribution in [0.2, 0.25) is 0 Å². The largest absolute Gasteiger partial charge is 0.469 e. The molecule has 9 heteroatoms. The summed E-state index contributed by atoms with van der Waals surface area (Å²) in [6.07, 6.45) is 3.09. The fraction of sp³-hybridized carbons (Fsp3) is 0.583. The molecule has 1 heterocycles. The molecular formula is C12H16N2O6S. The highest BCUT2D eigenvalue weighted by atomic mass is 32.2. The first-order chi connectivity index (χ1) is 9.95. The zero-order valence-corrected chi connectivity index (χ0v) is 12.2. The Bertz CT molecular complexity index is 544. The van der Waals surface area contributed by atoms with Gasteiger partial charge in [0.05, 0.1) is 18.0 Å². The van der Waals surface area contributed by atoms with Crippen LogP contribution >= 0.6 is 0 Å². The molecule has 1 saturated heterocycles. The van der Waals surface area contributed by atoms with Crippen molar-refractivity contribution in [1.29, 1.82) is 0 Å². The van der Waals surface area contributed by atoms with Crippen LogP contribution in [0.25, 0.3) is 0 Å². The van der Waals surface area contributed by atoms with E-state index >= 15 is 0 Å². The van der Waals surface area contributed by atoms with E-state index in [0.717, 1.165) is 0 Å². The van der Waals surface area contributed by atoms with E-state index in [0.29, 0.717) is 13.0 Å². The number of hydrogen-bond acceptors (Lipinski definition) is 6. The Morgan fingerprint density at radius 3 is 2.86 bits per heavy atom. The van der Waals surface area contributed by atoms with Crippen LogP contribution in [0.1, 0.15) is 12.8 Å². The topological polar surface area (TPSA) is 119 Å². The SMILES string of the molecule is COC(=O)C1CCNC1C1CC([N+](=O)[O-])=CC=C1S(=O)O. The molecule has 1 aliphatic carbocycles. The Hall–Kier alpha value is -1.58. The van der Waals surface area contributed by atoms with Gasteiger partial charge >= 0.3 is 5.97 Å². The normalized spacial score (nSPS) is 30.3. The predicted molar refractivity (Wildman–Crippen MR) is 74.0 cm³/mol. The van der Waals surface area contributed by atoms with Gasteiger partial charge in [-0.25, -0.2) is 4.21 Å². The van der Waals surface area contributed by atoms with Gasteiger partial charge in [-0.15, -0.1) is 0 Å². The Morgan fingerprint density at radius 2 is 2.29 bits per heavy atom. The molecule has 0 radical (unpaired) electrons. The van der Waals surface area contributed by atoms with E-state index in [2.05, 4.69) is 5.32 Å². The molecule has 0 aromatic rings. The zero-order chi connectivity index (χ0) is 15.6. The molecule has 2 rings (SSSR count). The van der Waals surface area contributed by atoms with Crippen molar-refractivity contribution in [3.8, 4) is 0 Å². The third-order valence-electron chi connectivity index (χ3n) is 3.88. The lowest BCUT2D eigenvalue weighted by Crippen LogP contribution is -2.41. The van der Waals surface area contributed by atoms with Crippen molar-refractivity contribution in [2.45, 2.75) is 18.9 Å². The van der Waals surface area contributed by atoms with Crippen molar-refractivity contribution < 1.29 is 23.2 Å². The highest BCUT2D eigenvalue weighted by Gasteiger charge is 2.43. The number of nitrogens with one attached hydrogen (secondary N) is 1. The lowest BCUT2D eigenvalue weighted by atomic mass is 9.84. The van der Waals surface area contributed by atoms with Crippen molar-refractivity contribution >= 4 is 17.0 Å². The maximum atomic E-state index is 11.8. The monoisotopic (exact) mass is 316 g/mol. The summed E-state index contributed by atoms with van der Waals surface area (Å²) in [6.45, 7) is 0.559. The maximum absolute atomic E-state index is 11.8. The predicted octanol–water partition coefficient (Wildman–Crippen LogP) is 0.424. The van der Waals surface area contributed by atoms with Gasteiger partial charge in [0, 0.05) is 29.4 Å². The van der Waals surface area contributed by atoms with Gasteiger partial charge in [0.25, 0.3) is 0 Å². The fourth-order valence-electron chi connectivity index (χ4n) is 2.89. The summed E-state index contributed by atoms with van der Waals surface area (Å²) < 4.78 is 25.6. The molecule has 4 atom stereocenters. The summed E-state index contributed by atoms with van der Waals surface area (Å²) in [5.74, 6) is -1.46. The minimum Gasteiger partial charge on any atom is -0.469 e. The molecule has 2 N–H and O–H groups in total. The van der Waals surface area contributed by atoms with Crippen LogP contribution < -0.4 is 5.32 Å². The van der Waals surface area contributed by atoms with Crippen LogP contribution in [-0.2, 0) is 20.6 Å². The Morgan fingerprint density at radius 1 is 1.57 bits per heavy atom. The Balaban J connectivity index is 2.30. The molecule has 8 nitrogen and oxygen atoms in total. The Kier molecular flexibility index (Phi) is 4.86. The van der Waals surface area contributed by atoms with Crippen LogP contribution in [0, 0.1) is 22.0 Å². The van der Waals surface area contributed by atoms with Gasteiger partial charge in [-0.1, -0.05) is 0 Å².